The third kappa shape index (κ3) is 3.44. The zero-order valence-electron chi connectivity index (χ0n) is 20.6. The Morgan fingerprint density at radius 1 is 0.806 bits per heavy atom. The minimum absolute atomic E-state index is 0.131. The minimum atomic E-state index is 0.131. The zero-order chi connectivity index (χ0) is 24.1. The first-order valence-corrected chi connectivity index (χ1v) is 13.6. The number of anilines is 1. The number of carbonyl (C=O) groups is 1. The molecule has 2 heterocycles. The number of fused-ring (bicyclic) bond motifs is 5. The molecule has 0 aromatic heterocycles. The van der Waals surface area contributed by atoms with Crippen molar-refractivity contribution in [3.8, 4) is 0 Å². The fourth-order valence-corrected chi connectivity index (χ4v) is 6.91. The van der Waals surface area contributed by atoms with E-state index >= 15 is 0 Å². The average molecular weight is 473 g/mol. The van der Waals surface area contributed by atoms with Crippen LogP contribution in [0, 0.1) is 5.92 Å². The molecule has 4 aromatic rings. The molecule has 3 atom stereocenters. The van der Waals surface area contributed by atoms with Crippen LogP contribution in [0.15, 0.2) is 84.9 Å². The molecule has 3 unspecified atom stereocenters. The number of hydrogen-bond donors (Lipinski definition) is 1. The summed E-state index contributed by atoms with van der Waals surface area (Å²) in [7, 11) is 0. The van der Waals surface area contributed by atoms with Crippen molar-refractivity contribution in [2.24, 2.45) is 5.92 Å². The third-order valence-electron chi connectivity index (χ3n) is 8.64. The maximum atomic E-state index is 13.9. The molecule has 1 N–H and O–H groups in total. The molecular formula is C33H32N2O. The number of amides is 1. The SMILES string of the molecule is O=C(c1cccc2c1NC(c1c3ccccc3cc3ccccc13)C1CC=CC21)N1CCCCCC1. The molecule has 180 valence electrons. The highest BCUT2D eigenvalue weighted by Gasteiger charge is 2.40. The summed E-state index contributed by atoms with van der Waals surface area (Å²) >= 11 is 0. The molecule has 1 fully saturated rings. The molecule has 2 aliphatic heterocycles. The van der Waals surface area contributed by atoms with Gasteiger partial charge < -0.3 is 10.2 Å². The molecule has 1 amide bonds. The summed E-state index contributed by atoms with van der Waals surface area (Å²) in [6.07, 6.45) is 10.4. The second-order valence-electron chi connectivity index (χ2n) is 10.7. The average Bonchev–Trinajstić information content (AvgIpc) is 3.26. The molecule has 7 rings (SSSR count). The summed E-state index contributed by atoms with van der Waals surface area (Å²) in [4.78, 5) is 15.9. The van der Waals surface area contributed by atoms with E-state index in [4.69, 9.17) is 0 Å². The molecule has 0 spiro atoms. The van der Waals surface area contributed by atoms with Crippen LogP contribution in [0.4, 0.5) is 5.69 Å². The standard InChI is InChI=1S/C33H32N2O/c36-33(35-19-7-1-2-8-20-35)29-18-10-16-27-26-15-9-17-28(26)32(34-31(27)29)30-24-13-5-3-11-22(24)21-23-12-4-6-14-25(23)30/h3-6,9-16,18,21,26,28,32,34H,1-2,7-8,17,19-20H2. The van der Waals surface area contributed by atoms with Gasteiger partial charge in [0, 0.05) is 19.0 Å². The Labute approximate surface area is 212 Å². The summed E-state index contributed by atoms with van der Waals surface area (Å²) in [5.74, 6) is 0.930. The molecule has 36 heavy (non-hydrogen) atoms. The largest absolute Gasteiger partial charge is 0.377 e. The fraction of sp³-hybridized carbons (Fsp3) is 0.303. The molecule has 4 aromatic carbocycles. The first kappa shape index (κ1) is 21.7. The van der Waals surface area contributed by atoms with Crippen LogP contribution in [0.3, 0.4) is 0 Å². The first-order valence-electron chi connectivity index (χ1n) is 13.6. The number of allylic oxidation sites excluding steroid dienone is 2. The van der Waals surface area contributed by atoms with Crippen molar-refractivity contribution in [2.75, 3.05) is 18.4 Å². The Morgan fingerprint density at radius 2 is 1.50 bits per heavy atom. The lowest BCUT2D eigenvalue weighted by atomic mass is 9.74. The van der Waals surface area contributed by atoms with Crippen molar-refractivity contribution in [2.45, 2.75) is 44.1 Å². The van der Waals surface area contributed by atoms with Crippen molar-refractivity contribution in [1.29, 1.82) is 0 Å². The monoisotopic (exact) mass is 472 g/mol. The van der Waals surface area contributed by atoms with Gasteiger partial charge in [-0.2, -0.15) is 0 Å². The summed E-state index contributed by atoms with van der Waals surface area (Å²) in [6, 6.07) is 26.3. The Hall–Kier alpha value is -3.59. The van der Waals surface area contributed by atoms with E-state index in [0.29, 0.717) is 11.8 Å². The summed E-state index contributed by atoms with van der Waals surface area (Å²) in [6.45, 7) is 1.73. The normalized spacial score (nSPS) is 23.2. The number of nitrogens with zero attached hydrogens (tertiary/aromatic N) is 1. The van der Waals surface area contributed by atoms with Crippen LogP contribution in [0.2, 0.25) is 0 Å². The van der Waals surface area contributed by atoms with Crippen molar-refractivity contribution in [1.82, 2.24) is 4.90 Å². The van der Waals surface area contributed by atoms with E-state index in [9.17, 15) is 4.79 Å². The second kappa shape index (κ2) is 8.81. The quantitative estimate of drug-likeness (QED) is 0.238. The highest BCUT2D eigenvalue weighted by molar-refractivity contribution is 6.04. The number of benzene rings is 4. The number of carbonyl (C=O) groups excluding carboxylic acids is 1. The molecule has 3 nitrogen and oxygen atoms in total. The number of para-hydroxylation sites is 1. The number of rotatable bonds is 2. The summed E-state index contributed by atoms with van der Waals surface area (Å²) in [5, 5.41) is 9.14. The van der Waals surface area contributed by atoms with Gasteiger partial charge in [-0.1, -0.05) is 85.7 Å². The van der Waals surface area contributed by atoms with E-state index in [-0.39, 0.29) is 11.9 Å². The van der Waals surface area contributed by atoms with Gasteiger partial charge in [0.05, 0.1) is 17.3 Å². The Morgan fingerprint density at radius 3 is 2.22 bits per heavy atom. The zero-order valence-corrected chi connectivity index (χ0v) is 20.6. The van der Waals surface area contributed by atoms with Crippen molar-refractivity contribution in [3.05, 3.63) is 102 Å². The van der Waals surface area contributed by atoms with E-state index in [2.05, 4.69) is 89.1 Å². The summed E-state index contributed by atoms with van der Waals surface area (Å²) < 4.78 is 0. The Kier molecular flexibility index (Phi) is 5.31. The van der Waals surface area contributed by atoms with E-state index in [1.165, 1.54) is 45.5 Å². The van der Waals surface area contributed by atoms with Crippen LogP contribution in [0.25, 0.3) is 21.5 Å². The molecule has 3 heteroatoms. The second-order valence-corrected chi connectivity index (χ2v) is 10.7. The van der Waals surface area contributed by atoms with Gasteiger partial charge in [0.2, 0.25) is 0 Å². The van der Waals surface area contributed by atoms with E-state index in [0.717, 1.165) is 43.6 Å². The fourth-order valence-electron chi connectivity index (χ4n) is 6.91. The molecule has 0 saturated carbocycles. The summed E-state index contributed by atoms with van der Waals surface area (Å²) in [5.41, 5.74) is 4.52. The van der Waals surface area contributed by atoms with Crippen LogP contribution < -0.4 is 5.32 Å². The number of nitrogens with one attached hydrogen (secondary N) is 1. The van der Waals surface area contributed by atoms with Gasteiger partial charge in [-0.15, -0.1) is 0 Å². The molecule has 3 aliphatic rings. The predicted octanol–water partition coefficient (Wildman–Crippen LogP) is 7.84. The maximum absolute atomic E-state index is 13.9. The van der Waals surface area contributed by atoms with Gasteiger partial charge >= 0.3 is 0 Å². The van der Waals surface area contributed by atoms with Gasteiger partial charge in [-0.05, 0) is 70.0 Å². The lowest BCUT2D eigenvalue weighted by molar-refractivity contribution is 0.0762. The van der Waals surface area contributed by atoms with Gasteiger partial charge in [0.25, 0.3) is 5.91 Å². The van der Waals surface area contributed by atoms with Crippen molar-refractivity contribution in [3.63, 3.8) is 0 Å². The van der Waals surface area contributed by atoms with E-state index < -0.39 is 0 Å². The topological polar surface area (TPSA) is 32.3 Å². The van der Waals surface area contributed by atoms with E-state index in [1.807, 2.05) is 6.07 Å². The molecular weight excluding hydrogens is 440 g/mol. The van der Waals surface area contributed by atoms with Crippen molar-refractivity contribution >= 4 is 33.1 Å². The van der Waals surface area contributed by atoms with E-state index in [1.54, 1.807) is 0 Å². The van der Waals surface area contributed by atoms with Crippen LogP contribution >= 0.6 is 0 Å². The van der Waals surface area contributed by atoms with Gasteiger partial charge in [-0.3, -0.25) is 4.79 Å². The predicted molar refractivity (Wildman–Crippen MR) is 149 cm³/mol. The van der Waals surface area contributed by atoms with Gasteiger partial charge in [0.1, 0.15) is 0 Å². The Balaban J connectivity index is 1.40. The van der Waals surface area contributed by atoms with Crippen LogP contribution in [-0.2, 0) is 0 Å². The number of likely N-dealkylation sites (tertiary alicyclic amines) is 1. The number of hydrogen-bond acceptors (Lipinski definition) is 2. The lowest BCUT2D eigenvalue weighted by Gasteiger charge is -2.39. The minimum Gasteiger partial charge on any atom is -0.377 e. The first-order chi connectivity index (χ1) is 17.8. The Bertz CT molecular complexity index is 1440. The highest BCUT2D eigenvalue weighted by atomic mass is 16.2. The van der Waals surface area contributed by atoms with Crippen LogP contribution in [-0.4, -0.2) is 23.9 Å². The van der Waals surface area contributed by atoms with Crippen LogP contribution in [0.1, 0.15) is 65.5 Å². The lowest BCUT2D eigenvalue weighted by Crippen LogP contribution is -2.35. The third-order valence-corrected chi connectivity index (χ3v) is 8.64. The van der Waals surface area contributed by atoms with Crippen LogP contribution in [0.5, 0.6) is 0 Å². The molecule has 1 aliphatic carbocycles. The van der Waals surface area contributed by atoms with Crippen molar-refractivity contribution < 1.29 is 4.79 Å². The molecule has 1 saturated heterocycles. The molecule has 0 radical (unpaired) electrons. The smallest absolute Gasteiger partial charge is 0.255 e. The van der Waals surface area contributed by atoms with Gasteiger partial charge in [0.15, 0.2) is 0 Å². The van der Waals surface area contributed by atoms with Gasteiger partial charge in [-0.25, -0.2) is 0 Å². The molecule has 0 bridgehead atoms. The highest BCUT2D eigenvalue weighted by Crippen LogP contribution is 2.52. The maximum Gasteiger partial charge on any atom is 0.255 e.